The summed E-state index contributed by atoms with van der Waals surface area (Å²) in [7, 11) is 6.26. The van der Waals surface area contributed by atoms with Crippen LogP contribution in [0, 0.1) is 34.5 Å². The number of benzene rings is 2. The minimum absolute atomic E-state index is 0.123. The molecule has 0 bridgehead atoms. The van der Waals surface area contributed by atoms with Gasteiger partial charge in [0.2, 0.25) is 0 Å². The molecule has 0 radical (unpaired) electrons. The molecule has 4 fully saturated rings. The molecule has 8 unspecified atom stereocenters. The molecule has 10 heteroatoms. The number of hydrogen-bond acceptors (Lipinski definition) is 9. The van der Waals surface area contributed by atoms with Crippen LogP contribution in [-0.4, -0.2) is 98.7 Å². The van der Waals surface area contributed by atoms with Crippen molar-refractivity contribution in [2.45, 2.75) is 98.3 Å². The number of anilines is 2. The van der Waals surface area contributed by atoms with Crippen molar-refractivity contribution in [3.63, 3.8) is 0 Å². The van der Waals surface area contributed by atoms with Crippen LogP contribution in [0.3, 0.4) is 0 Å². The van der Waals surface area contributed by atoms with E-state index >= 15 is 0 Å². The number of amidine groups is 1. The molecule has 8 rings (SSSR count). The van der Waals surface area contributed by atoms with E-state index < -0.39 is 12.4 Å². The van der Waals surface area contributed by atoms with E-state index in [1.807, 2.05) is 42.2 Å². The van der Waals surface area contributed by atoms with Gasteiger partial charge in [0.1, 0.15) is 17.7 Å². The third kappa shape index (κ3) is 7.77. The number of carbonyl (C=O) groups excluding carboxylic acids is 2. The molecule has 9 nitrogen and oxygen atoms in total. The van der Waals surface area contributed by atoms with Crippen LogP contribution in [0.1, 0.15) is 91.5 Å². The van der Waals surface area contributed by atoms with Crippen LogP contribution in [0.5, 0.6) is 0 Å². The number of aliphatic imine (C=N–C) groups is 1. The number of carbonyl (C=O) groups is 2. The van der Waals surface area contributed by atoms with Crippen LogP contribution in [0.25, 0.3) is 0 Å². The van der Waals surface area contributed by atoms with Crippen LogP contribution in [0.2, 0.25) is 5.02 Å². The first-order chi connectivity index (χ1) is 26.7. The van der Waals surface area contributed by atoms with Crippen molar-refractivity contribution in [2.24, 2.45) is 39.5 Å². The molecule has 304 valence electrons. The third-order valence-corrected chi connectivity index (χ3v) is 14.9. The average Bonchev–Trinajstić information content (AvgIpc) is 3.46. The molecular formula is C46H64ClN5O4. The second-order valence-electron chi connectivity index (χ2n) is 18.1. The fourth-order valence-corrected chi connectivity index (χ4v) is 11.5. The van der Waals surface area contributed by atoms with Crippen molar-refractivity contribution in [2.75, 3.05) is 58.8 Å². The van der Waals surface area contributed by atoms with Crippen LogP contribution < -0.4 is 4.90 Å². The predicted molar refractivity (Wildman–Crippen MR) is 226 cm³/mol. The van der Waals surface area contributed by atoms with Gasteiger partial charge in [0.15, 0.2) is 6.23 Å². The highest BCUT2D eigenvalue weighted by molar-refractivity contribution is 6.31. The standard InChI is InChI=1S/C42H53ClN4O4.C4H11N/c1-26(48)33-13-14-34-31-12-10-28-24-30(16-18-41(28,3)35(31)17-19-42(33,34)4)51-40(49)50-27(2)47-37-9-7-6-8-32(37)39(46-22-20-45(5)21-23-46)44-36-25-29(43)11-15-38(36)47;1-4-5(2)3/h6-11,15,25,27,30-31,33-35H,12-14,16-24H2,1-5H3;4H2,1-3H3. The summed E-state index contributed by atoms with van der Waals surface area (Å²) in [5.74, 6) is 3.40. The summed E-state index contributed by atoms with van der Waals surface area (Å²) in [6, 6.07) is 13.9. The molecule has 2 aliphatic heterocycles. The lowest BCUT2D eigenvalue weighted by Crippen LogP contribution is -2.51. The van der Waals surface area contributed by atoms with Crippen LogP contribution in [0.15, 0.2) is 59.1 Å². The van der Waals surface area contributed by atoms with Gasteiger partial charge in [-0.15, -0.1) is 0 Å². The number of fused-ring (bicyclic) bond motifs is 7. The zero-order chi connectivity index (χ0) is 39.9. The first-order valence-electron chi connectivity index (χ1n) is 21.2. The minimum Gasteiger partial charge on any atom is -0.431 e. The molecule has 2 heterocycles. The van der Waals surface area contributed by atoms with Crippen LogP contribution in [0.4, 0.5) is 21.9 Å². The molecule has 0 amide bonds. The second-order valence-corrected chi connectivity index (χ2v) is 18.6. The van der Waals surface area contributed by atoms with E-state index in [1.54, 1.807) is 6.92 Å². The average molecular weight is 787 g/mol. The zero-order valence-corrected chi connectivity index (χ0v) is 35.8. The normalized spacial score (nSPS) is 31.5. The van der Waals surface area contributed by atoms with Gasteiger partial charge in [-0.1, -0.05) is 56.2 Å². The molecule has 3 saturated carbocycles. The van der Waals surface area contributed by atoms with Gasteiger partial charge in [-0.3, -0.25) is 4.79 Å². The van der Waals surface area contributed by atoms with Gasteiger partial charge in [-0.2, -0.15) is 0 Å². The maximum atomic E-state index is 13.6. The molecular weight excluding hydrogens is 722 g/mol. The van der Waals surface area contributed by atoms with Crippen molar-refractivity contribution in [1.29, 1.82) is 0 Å². The summed E-state index contributed by atoms with van der Waals surface area (Å²) in [6.07, 6.45) is 9.20. The van der Waals surface area contributed by atoms with Gasteiger partial charge in [0, 0.05) is 49.1 Å². The lowest BCUT2D eigenvalue weighted by Gasteiger charge is -2.58. The second kappa shape index (κ2) is 16.5. The molecule has 6 aliphatic rings. The van der Waals surface area contributed by atoms with E-state index in [4.69, 9.17) is 26.1 Å². The lowest BCUT2D eigenvalue weighted by molar-refractivity contribution is -0.127. The number of likely N-dealkylation sites (N-methyl/N-ethyl adjacent to an activating group) is 1. The summed E-state index contributed by atoms with van der Waals surface area (Å²) >= 11 is 6.53. The van der Waals surface area contributed by atoms with Gasteiger partial charge in [-0.25, -0.2) is 9.79 Å². The Morgan fingerprint density at radius 2 is 1.71 bits per heavy atom. The van der Waals surface area contributed by atoms with Gasteiger partial charge in [0.05, 0.1) is 17.1 Å². The van der Waals surface area contributed by atoms with E-state index in [1.165, 1.54) is 18.4 Å². The number of Topliss-reactive ketones (excluding diaryl/α,β-unsaturated/α-hetero) is 1. The summed E-state index contributed by atoms with van der Waals surface area (Å²) in [4.78, 5) is 40.2. The smallest absolute Gasteiger partial charge is 0.431 e. The Kier molecular flexibility index (Phi) is 12.0. The summed E-state index contributed by atoms with van der Waals surface area (Å²) < 4.78 is 12.3. The number of rotatable bonds is 5. The number of allylic oxidation sites excluding steroid dienone is 1. The number of halogens is 1. The SMILES string of the molecule is CC(=O)C1CCC2C3CC=C4CC(OC(=O)OC(C)N5c6ccc(Cl)cc6N=C(N6CCN(C)CC6)c6ccccc65)CCC4(C)C3CCC12C.CCN(C)C. The first-order valence-corrected chi connectivity index (χ1v) is 21.5. The van der Waals surface area contributed by atoms with E-state index in [9.17, 15) is 9.59 Å². The highest BCUT2D eigenvalue weighted by atomic mass is 35.5. The third-order valence-electron chi connectivity index (χ3n) is 14.7. The molecule has 0 aromatic heterocycles. The fraction of sp³-hybridized carbons (Fsp3) is 0.630. The highest BCUT2D eigenvalue weighted by Crippen LogP contribution is 2.66. The van der Waals surface area contributed by atoms with Crippen LogP contribution >= 0.6 is 11.6 Å². The molecule has 0 N–H and O–H groups in total. The maximum absolute atomic E-state index is 13.6. The van der Waals surface area contributed by atoms with Crippen molar-refractivity contribution < 1.29 is 19.1 Å². The van der Waals surface area contributed by atoms with E-state index in [0.717, 1.165) is 99.7 Å². The Hall–Kier alpha value is -3.40. The summed E-state index contributed by atoms with van der Waals surface area (Å²) in [5, 5.41) is 0.604. The topological polar surface area (TPSA) is 77.9 Å². The largest absolute Gasteiger partial charge is 0.510 e. The predicted octanol–water partition coefficient (Wildman–Crippen LogP) is 9.72. The Labute approximate surface area is 340 Å². The van der Waals surface area contributed by atoms with E-state index in [0.29, 0.717) is 28.6 Å². The Morgan fingerprint density at radius 1 is 0.982 bits per heavy atom. The van der Waals surface area contributed by atoms with Crippen molar-refractivity contribution in [3.8, 4) is 0 Å². The molecule has 1 saturated heterocycles. The molecule has 0 spiro atoms. The molecule has 4 aliphatic carbocycles. The molecule has 8 atom stereocenters. The van der Waals surface area contributed by atoms with Crippen molar-refractivity contribution in [1.82, 2.24) is 14.7 Å². The Bertz CT molecular complexity index is 1840. The Balaban J connectivity index is 0.000000905. The quantitative estimate of drug-likeness (QED) is 0.219. The monoisotopic (exact) mass is 785 g/mol. The number of ketones is 1. The van der Waals surface area contributed by atoms with Crippen LogP contribution in [-0.2, 0) is 14.3 Å². The first kappa shape index (κ1) is 40.8. The van der Waals surface area contributed by atoms with Gasteiger partial charge < -0.3 is 29.1 Å². The van der Waals surface area contributed by atoms with E-state index in [-0.39, 0.29) is 22.9 Å². The van der Waals surface area contributed by atoms with Crippen molar-refractivity contribution >= 4 is 46.4 Å². The number of hydrogen-bond donors (Lipinski definition) is 0. The lowest BCUT2D eigenvalue weighted by atomic mass is 9.47. The maximum Gasteiger partial charge on any atom is 0.510 e. The molecule has 2 aromatic rings. The Morgan fingerprint density at radius 3 is 2.43 bits per heavy atom. The summed E-state index contributed by atoms with van der Waals surface area (Å²) in [6.45, 7) is 15.5. The highest BCUT2D eigenvalue weighted by Gasteiger charge is 2.59. The summed E-state index contributed by atoms with van der Waals surface area (Å²) in [5.41, 5.74) is 5.20. The molecule has 56 heavy (non-hydrogen) atoms. The number of nitrogens with zero attached hydrogens (tertiary/aromatic N) is 5. The number of para-hydroxylation sites is 1. The molecule has 2 aromatic carbocycles. The number of ether oxygens (including phenoxy) is 2. The van der Waals surface area contributed by atoms with Crippen molar-refractivity contribution in [3.05, 3.63) is 64.7 Å². The number of piperazine rings is 1. The van der Waals surface area contributed by atoms with E-state index in [2.05, 4.69) is 74.8 Å². The van der Waals surface area contributed by atoms with Gasteiger partial charge >= 0.3 is 6.16 Å². The van der Waals surface area contributed by atoms with Gasteiger partial charge in [0.25, 0.3) is 0 Å². The zero-order valence-electron chi connectivity index (χ0n) is 35.0. The fourth-order valence-electron chi connectivity index (χ4n) is 11.4. The van der Waals surface area contributed by atoms with Gasteiger partial charge in [-0.05, 0) is 145 Å². The minimum atomic E-state index is -0.661.